The van der Waals surface area contributed by atoms with E-state index in [1.54, 1.807) is 11.8 Å². The highest BCUT2D eigenvalue weighted by molar-refractivity contribution is 7.99. The molecule has 1 aromatic heterocycles. The van der Waals surface area contributed by atoms with Gasteiger partial charge in [0.25, 0.3) is 0 Å². The second kappa shape index (κ2) is 6.53. The molecule has 0 aliphatic carbocycles. The van der Waals surface area contributed by atoms with Crippen LogP contribution in [0.4, 0.5) is 5.69 Å². The normalized spacial score (nSPS) is 10.3. The van der Waals surface area contributed by atoms with Crippen LogP contribution in [-0.4, -0.2) is 12.8 Å². The van der Waals surface area contributed by atoms with Gasteiger partial charge in [0.1, 0.15) is 17.6 Å². The largest absolute Gasteiger partial charge is 0.464 e. The topological polar surface area (TPSA) is 40.2 Å². The van der Waals surface area contributed by atoms with Crippen LogP contribution in [-0.2, 0) is 6.54 Å². The van der Waals surface area contributed by atoms with Gasteiger partial charge in [0, 0.05) is 11.9 Å². The van der Waals surface area contributed by atoms with Crippen LogP contribution in [0.5, 0.6) is 0 Å². The quantitative estimate of drug-likeness (QED) is 0.772. The second-order valence-corrected chi connectivity index (χ2v) is 5.87. The lowest BCUT2D eigenvalue weighted by Crippen LogP contribution is -2.17. The zero-order valence-corrected chi connectivity index (χ0v) is 12.8. The SMILES string of the molecule is CCSc1cccc(N(C)Cc2ccc(C)o2)c1C#N. The molecule has 0 unspecified atom stereocenters. The molecule has 20 heavy (non-hydrogen) atoms. The molecule has 0 radical (unpaired) electrons. The lowest BCUT2D eigenvalue weighted by atomic mass is 10.1. The molecule has 104 valence electrons. The van der Waals surface area contributed by atoms with Crippen molar-refractivity contribution in [2.24, 2.45) is 0 Å². The van der Waals surface area contributed by atoms with Crippen molar-refractivity contribution in [2.75, 3.05) is 17.7 Å². The van der Waals surface area contributed by atoms with E-state index in [4.69, 9.17) is 4.42 Å². The molecule has 1 heterocycles. The summed E-state index contributed by atoms with van der Waals surface area (Å²) in [6, 6.07) is 12.2. The maximum Gasteiger partial charge on any atom is 0.123 e. The van der Waals surface area contributed by atoms with Gasteiger partial charge < -0.3 is 9.32 Å². The number of nitriles is 1. The van der Waals surface area contributed by atoms with Gasteiger partial charge in [0.15, 0.2) is 0 Å². The van der Waals surface area contributed by atoms with Crippen molar-refractivity contribution in [1.82, 2.24) is 0 Å². The molecule has 0 fully saturated rings. The fourth-order valence-corrected chi connectivity index (χ4v) is 2.90. The number of benzene rings is 1. The number of hydrogen-bond acceptors (Lipinski definition) is 4. The van der Waals surface area contributed by atoms with Gasteiger partial charge in [-0.05, 0) is 36.9 Å². The lowest BCUT2D eigenvalue weighted by molar-refractivity contribution is 0.482. The monoisotopic (exact) mass is 286 g/mol. The van der Waals surface area contributed by atoms with Gasteiger partial charge in [-0.3, -0.25) is 0 Å². The molecule has 3 nitrogen and oxygen atoms in total. The van der Waals surface area contributed by atoms with E-state index in [1.807, 2.05) is 44.3 Å². The minimum atomic E-state index is 0.656. The Hall–Kier alpha value is -1.86. The zero-order chi connectivity index (χ0) is 14.5. The Morgan fingerprint density at radius 1 is 1.30 bits per heavy atom. The Kier molecular flexibility index (Phi) is 4.75. The van der Waals surface area contributed by atoms with Gasteiger partial charge in [-0.25, -0.2) is 0 Å². The summed E-state index contributed by atoms with van der Waals surface area (Å²) in [7, 11) is 1.98. The molecule has 2 aromatic rings. The first-order valence-corrected chi connectivity index (χ1v) is 7.56. The lowest BCUT2D eigenvalue weighted by Gasteiger charge is -2.20. The third-order valence-corrected chi connectivity index (χ3v) is 3.96. The van der Waals surface area contributed by atoms with Crippen LogP contribution < -0.4 is 4.90 Å². The standard InChI is InChI=1S/C16H18N2OS/c1-4-20-16-7-5-6-15(14(16)10-17)18(3)11-13-9-8-12(2)19-13/h5-9H,4,11H2,1-3H3. The number of aryl methyl sites for hydroxylation is 1. The summed E-state index contributed by atoms with van der Waals surface area (Å²) in [5, 5.41) is 9.43. The molecule has 0 saturated heterocycles. The highest BCUT2D eigenvalue weighted by Gasteiger charge is 2.13. The van der Waals surface area contributed by atoms with Crippen LogP contribution in [0.2, 0.25) is 0 Å². The molecular weight excluding hydrogens is 268 g/mol. The first kappa shape index (κ1) is 14.5. The van der Waals surface area contributed by atoms with Crippen molar-refractivity contribution in [3.63, 3.8) is 0 Å². The average Bonchev–Trinajstić information content (AvgIpc) is 2.84. The Morgan fingerprint density at radius 2 is 2.10 bits per heavy atom. The van der Waals surface area contributed by atoms with Gasteiger partial charge in [-0.1, -0.05) is 13.0 Å². The molecule has 2 rings (SSSR count). The summed E-state index contributed by atoms with van der Waals surface area (Å²) >= 11 is 1.70. The summed E-state index contributed by atoms with van der Waals surface area (Å²) in [4.78, 5) is 3.09. The number of rotatable bonds is 5. The first-order valence-electron chi connectivity index (χ1n) is 6.58. The smallest absolute Gasteiger partial charge is 0.123 e. The maximum atomic E-state index is 9.43. The van der Waals surface area contributed by atoms with Crippen LogP contribution in [0.15, 0.2) is 39.6 Å². The highest BCUT2D eigenvalue weighted by Crippen LogP contribution is 2.30. The number of furan rings is 1. The van der Waals surface area contributed by atoms with Gasteiger partial charge in [-0.15, -0.1) is 11.8 Å². The molecule has 0 saturated carbocycles. The Balaban J connectivity index is 2.27. The summed E-state index contributed by atoms with van der Waals surface area (Å²) in [5.41, 5.74) is 1.69. The van der Waals surface area contributed by atoms with Crippen LogP contribution in [0.3, 0.4) is 0 Å². The van der Waals surface area contributed by atoms with Gasteiger partial charge in [0.2, 0.25) is 0 Å². The van der Waals surface area contributed by atoms with Crippen molar-refractivity contribution in [3.05, 3.63) is 47.4 Å². The van der Waals surface area contributed by atoms with E-state index < -0.39 is 0 Å². The summed E-state index contributed by atoms with van der Waals surface area (Å²) in [5.74, 6) is 2.77. The number of hydrogen-bond donors (Lipinski definition) is 0. The minimum Gasteiger partial charge on any atom is -0.464 e. The third-order valence-electron chi connectivity index (χ3n) is 3.02. The first-order chi connectivity index (χ1) is 9.65. The molecule has 0 aliphatic heterocycles. The van der Waals surface area contributed by atoms with Gasteiger partial charge in [0.05, 0.1) is 17.8 Å². The number of anilines is 1. The third kappa shape index (κ3) is 3.17. The van der Waals surface area contributed by atoms with Gasteiger partial charge >= 0.3 is 0 Å². The molecule has 0 amide bonds. The highest BCUT2D eigenvalue weighted by atomic mass is 32.2. The second-order valence-electron chi connectivity index (χ2n) is 4.56. The fraction of sp³-hybridized carbons (Fsp3) is 0.312. The summed E-state index contributed by atoms with van der Waals surface area (Å²) in [6.07, 6.45) is 0. The molecule has 0 aliphatic rings. The molecule has 1 aromatic carbocycles. The van der Waals surface area contributed by atoms with Crippen LogP contribution in [0.25, 0.3) is 0 Å². The molecular formula is C16H18N2OS. The minimum absolute atomic E-state index is 0.656. The van der Waals surface area contributed by atoms with E-state index in [2.05, 4.69) is 17.9 Å². The number of nitrogens with zero attached hydrogens (tertiary/aromatic N) is 2. The van der Waals surface area contributed by atoms with Crippen LogP contribution in [0.1, 0.15) is 24.0 Å². The molecule has 0 spiro atoms. The van der Waals surface area contributed by atoms with E-state index in [0.29, 0.717) is 6.54 Å². The van der Waals surface area contributed by atoms with Crippen molar-refractivity contribution >= 4 is 17.4 Å². The average molecular weight is 286 g/mol. The van der Waals surface area contributed by atoms with Crippen molar-refractivity contribution in [2.45, 2.75) is 25.3 Å². The summed E-state index contributed by atoms with van der Waals surface area (Å²) in [6.45, 7) is 4.68. The number of thioether (sulfide) groups is 1. The van der Waals surface area contributed by atoms with E-state index in [-0.39, 0.29) is 0 Å². The Bertz CT molecular complexity index is 628. The molecule has 0 bridgehead atoms. The van der Waals surface area contributed by atoms with Gasteiger partial charge in [-0.2, -0.15) is 5.26 Å². The molecule has 0 atom stereocenters. The van der Waals surface area contributed by atoms with Crippen LogP contribution >= 0.6 is 11.8 Å². The molecule has 0 N–H and O–H groups in total. The van der Waals surface area contributed by atoms with Crippen molar-refractivity contribution in [3.8, 4) is 6.07 Å². The molecule has 4 heteroatoms. The van der Waals surface area contributed by atoms with E-state index >= 15 is 0 Å². The summed E-state index contributed by atoms with van der Waals surface area (Å²) < 4.78 is 5.60. The van der Waals surface area contributed by atoms with E-state index in [9.17, 15) is 5.26 Å². The van der Waals surface area contributed by atoms with Crippen molar-refractivity contribution < 1.29 is 4.42 Å². The predicted octanol–water partition coefficient (Wildman–Crippen LogP) is 4.21. The Morgan fingerprint density at radius 3 is 2.70 bits per heavy atom. The Labute approximate surface area is 124 Å². The van der Waals surface area contributed by atoms with Crippen molar-refractivity contribution in [1.29, 1.82) is 5.26 Å². The fourth-order valence-electron chi connectivity index (χ4n) is 2.11. The van der Waals surface area contributed by atoms with E-state index in [1.165, 1.54) is 0 Å². The van der Waals surface area contributed by atoms with E-state index in [0.717, 1.165) is 33.4 Å². The van der Waals surface area contributed by atoms with Crippen LogP contribution in [0, 0.1) is 18.3 Å². The predicted molar refractivity (Wildman–Crippen MR) is 83.1 cm³/mol. The maximum absolute atomic E-state index is 9.43. The zero-order valence-electron chi connectivity index (χ0n) is 12.0.